The first-order valence-corrected chi connectivity index (χ1v) is 8.23. The van der Waals surface area contributed by atoms with Gasteiger partial charge in [-0.25, -0.2) is 9.98 Å². The lowest BCUT2D eigenvalue weighted by Crippen LogP contribution is -2.51. The number of hydrogen-bond donors (Lipinski definition) is 2. The van der Waals surface area contributed by atoms with Gasteiger partial charge in [-0.05, 0) is 59.1 Å². The Balaban J connectivity index is 2.21. The molecule has 1 aliphatic heterocycles. The van der Waals surface area contributed by atoms with Crippen molar-refractivity contribution in [3.63, 3.8) is 0 Å². The molecule has 0 aromatic carbocycles. The third-order valence-corrected chi connectivity index (χ3v) is 4.40. The Hall–Kier alpha value is -2.24. The summed E-state index contributed by atoms with van der Waals surface area (Å²) < 4.78 is 12.9. The van der Waals surface area contributed by atoms with Gasteiger partial charge in [-0.3, -0.25) is 5.32 Å². The van der Waals surface area contributed by atoms with Gasteiger partial charge in [-0.1, -0.05) is 0 Å². The highest BCUT2D eigenvalue weighted by Crippen LogP contribution is 2.36. The minimum absolute atomic E-state index is 0.120. The van der Waals surface area contributed by atoms with Crippen LogP contribution in [0.2, 0.25) is 0 Å². The van der Waals surface area contributed by atoms with Crippen LogP contribution in [0.1, 0.15) is 47.0 Å². The molecule has 1 aromatic rings. The van der Waals surface area contributed by atoms with Crippen LogP contribution in [0.15, 0.2) is 23.3 Å². The summed E-state index contributed by atoms with van der Waals surface area (Å²) in [5.41, 5.74) is -0.518. The second kappa shape index (κ2) is 7.33. The van der Waals surface area contributed by atoms with Crippen LogP contribution in [-0.4, -0.2) is 33.1 Å². The monoisotopic (exact) mass is 347 g/mol. The van der Waals surface area contributed by atoms with Gasteiger partial charge < -0.3 is 5.32 Å². The minimum atomic E-state index is -0.583. The molecule has 1 fully saturated rings. The highest BCUT2D eigenvalue weighted by molar-refractivity contribution is 5.94. The van der Waals surface area contributed by atoms with Gasteiger partial charge in [0.1, 0.15) is 0 Å². The van der Waals surface area contributed by atoms with Crippen molar-refractivity contribution in [2.45, 2.75) is 64.1 Å². The summed E-state index contributed by atoms with van der Waals surface area (Å²) in [6, 6.07) is 2.61. The zero-order valence-electron chi connectivity index (χ0n) is 15.0. The third kappa shape index (κ3) is 4.87. The predicted molar refractivity (Wildman–Crippen MR) is 92.3 cm³/mol. The van der Waals surface area contributed by atoms with E-state index in [1.165, 1.54) is 18.3 Å². The lowest BCUT2D eigenvalue weighted by Gasteiger charge is -2.39. The van der Waals surface area contributed by atoms with E-state index in [1.807, 2.05) is 33.9 Å². The largest absolute Gasteiger partial charge is 0.324 e. The normalized spacial score (nSPS) is 23.4. The highest BCUT2D eigenvalue weighted by Gasteiger charge is 2.43. The van der Waals surface area contributed by atoms with E-state index in [4.69, 9.17) is 5.26 Å². The van der Waals surface area contributed by atoms with Crippen molar-refractivity contribution in [3.05, 3.63) is 24.3 Å². The molecule has 1 unspecified atom stereocenters. The summed E-state index contributed by atoms with van der Waals surface area (Å²) in [5, 5.41) is 28.2. The van der Waals surface area contributed by atoms with Crippen molar-refractivity contribution in [1.29, 1.82) is 5.26 Å². The summed E-state index contributed by atoms with van der Waals surface area (Å²) in [7, 11) is 0. The van der Waals surface area contributed by atoms with Crippen LogP contribution < -0.4 is 10.6 Å². The quantitative estimate of drug-likeness (QED) is 0.282. The number of hydroxylamine groups is 2. The van der Waals surface area contributed by atoms with Gasteiger partial charge in [0.05, 0.1) is 17.9 Å². The number of hydrogen-bond acceptors (Lipinski definition) is 4. The number of nitrogens with zero attached hydrogens (tertiary/aromatic N) is 4. The van der Waals surface area contributed by atoms with Crippen LogP contribution in [0.3, 0.4) is 0 Å². The van der Waals surface area contributed by atoms with Gasteiger partial charge in [0, 0.05) is 11.1 Å². The zero-order valence-corrected chi connectivity index (χ0v) is 15.0. The molecule has 0 bridgehead atoms. The van der Waals surface area contributed by atoms with Gasteiger partial charge in [0.25, 0.3) is 0 Å². The fourth-order valence-corrected chi connectivity index (χ4v) is 3.23. The molecular formula is C17H24FN6O. The molecule has 0 amide bonds. The molecule has 2 heterocycles. The van der Waals surface area contributed by atoms with Gasteiger partial charge in [-0.2, -0.15) is 9.65 Å². The van der Waals surface area contributed by atoms with E-state index in [-0.39, 0.29) is 12.0 Å². The Morgan fingerprint density at radius 1 is 1.40 bits per heavy atom. The summed E-state index contributed by atoms with van der Waals surface area (Å²) in [4.78, 5) is 8.15. The summed E-state index contributed by atoms with van der Waals surface area (Å²) in [5.74, 6) is -0.325. The highest BCUT2D eigenvalue weighted by atomic mass is 19.1. The number of anilines is 1. The second-order valence-electron chi connectivity index (χ2n) is 7.52. The first kappa shape index (κ1) is 19.1. The molecule has 2 N–H and O–H groups in total. The smallest absolute Gasteiger partial charge is 0.212 e. The van der Waals surface area contributed by atoms with E-state index in [1.54, 1.807) is 0 Å². The Bertz CT molecular complexity index is 665. The van der Waals surface area contributed by atoms with Gasteiger partial charge in [-0.15, -0.1) is 10.3 Å². The Labute approximate surface area is 147 Å². The summed E-state index contributed by atoms with van der Waals surface area (Å²) in [6.45, 7) is 7.68. The van der Waals surface area contributed by atoms with Crippen LogP contribution in [0.25, 0.3) is 0 Å². The number of halogens is 1. The van der Waals surface area contributed by atoms with E-state index in [0.717, 1.165) is 11.5 Å². The maximum atomic E-state index is 12.9. The van der Waals surface area contributed by atoms with Gasteiger partial charge >= 0.3 is 0 Å². The van der Waals surface area contributed by atoms with E-state index < -0.39 is 17.0 Å². The number of aliphatic imine (C=N–C) groups is 1. The van der Waals surface area contributed by atoms with Crippen molar-refractivity contribution >= 4 is 11.6 Å². The van der Waals surface area contributed by atoms with Crippen molar-refractivity contribution in [1.82, 2.24) is 15.4 Å². The first-order chi connectivity index (χ1) is 11.6. The average molecular weight is 347 g/mol. The number of guanidine groups is 1. The lowest BCUT2D eigenvalue weighted by molar-refractivity contribution is -0.269. The van der Waals surface area contributed by atoms with Crippen LogP contribution in [0.5, 0.6) is 0 Å². The Kier molecular flexibility index (Phi) is 5.60. The molecule has 0 aliphatic carbocycles. The summed E-state index contributed by atoms with van der Waals surface area (Å²) in [6.07, 6.45) is 5.16. The number of nitriles is 1. The molecule has 135 valence electrons. The van der Waals surface area contributed by atoms with Crippen LogP contribution in [-0.2, 0) is 5.21 Å². The molecule has 1 aromatic heterocycles. The molecule has 1 radical (unpaired) electrons. The predicted octanol–water partition coefficient (Wildman–Crippen LogP) is 2.82. The van der Waals surface area contributed by atoms with E-state index in [9.17, 15) is 9.60 Å². The van der Waals surface area contributed by atoms with E-state index >= 15 is 0 Å². The SMILES string of the molecule is CC1(C)CCC(N=C(NC#N)Nc2ccc(F)nc2)CC(C)(C)N1[O]. The first-order valence-electron chi connectivity index (χ1n) is 8.23. The van der Waals surface area contributed by atoms with Crippen molar-refractivity contribution in [3.8, 4) is 6.19 Å². The number of aromatic nitrogens is 1. The van der Waals surface area contributed by atoms with Gasteiger partial charge in [0.2, 0.25) is 11.9 Å². The number of pyridine rings is 1. The maximum absolute atomic E-state index is 12.9. The fraction of sp³-hybridized carbons (Fsp3) is 0.588. The molecular weight excluding hydrogens is 323 g/mol. The van der Waals surface area contributed by atoms with Crippen LogP contribution >= 0.6 is 0 Å². The van der Waals surface area contributed by atoms with Crippen molar-refractivity contribution in [2.75, 3.05) is 5.32 Å². The summed E-state index contributed by atoms with van der Waals surface area (Å²) >= 11 is 0. The molecule has 2 rings (SSSR count). The molecule has 1 atom stereocenters. The van der Waals surface area contributed by atoms with Crippen LogP contribution in [0.4, 0.5) is 10.1 Å². The Morgan fingerprint density at radius 2 is 2.12 bits per heavy atom. The number of rotatable bonds is 2. The number of nitrogens with one attached hydrogen (secondary N) is 2. The molecule has 25 heavy (non-hydrogen) atoms. The topological polar surface area (TPSA) is 96.2 Å². The minimum Gasteiger partial charge on any atom is -0.324 e. The molecule has 0 spiro atoms. The molecule has 7 nitrogen and oxygen atoms in total. The van der Waals surface area contributed by atoms with E-state index in [0.29, 0.717) is 18.5 Å². The average Bonchev–Trinajstić information content (AvgIpc) is 2.60. The fourth-order valence-electron chi connectivity index (χ4n) is 3.23. The lowest BCUT2D eigenvalue weighted by atomic mass is 9.94. The molecule has 1 saturated heterocycles. The van der Waals surface area contributed by atoms with E-state index in [2.05, 4.69) is 20.6 Å². The standard InChI is InChI=1S/C17H24FN6O/c1-16(2)8-7-12(9-17(3,4)24(16)25)22-15(21-11-19)23-13-5-6-14(18)20-10-13/h5-6,10,12H,7-9H2,1-4H3,(H2,21,22,23). The van der Waals surface area contributed by atoms with Crippen molar-refractivity contribution in [2.24, 2.45) is 4.99 Å². The van der Waals surface area contributed by atoms with Crippen molar-refractivity contribution < 1.29 is 9.60 Å². The molecule has 8 heteroatoms. The van der Waals surface area contributed by atoms with Gasteiger partial charge in [0.15, 0.2) is 6.19 Å². The molecule has 0 saturated carbocycles. The molecule has 1 aliphatic rings. The maximum Gasteiger partial charge on any atom is 0.212 e. The van der Waals surface area contributed by atoms with Crippen LogP contribution in [0, 0.1) is 17.4 Å². The third-order valence-electron chi connectivity index (χ3n) is 4.40. The Morgan fingerprint density at radius 3 is 2.72 bits per heavy atom. The second-order valence-corrected chi connectivity index (χ2v) is 7.52. The zero-order chi connectivity index (χ0) is 18.7.